The van der Waals surface area contributed by atoms with Crippen LogP contribution >= 0.6 is 0 Å². The van der Waals surface area contributed by atoms with Gasteiger partial charge >= 0.3 is 0 Å². The number of hydrogen-bond acceptors (Lipinski definition) is 3. The van der Waals surface area contributed by atoms with Crippen LogP contribution in [-0.2, 0) is 4.79 Å². The van der Waals surface area contributed by atoms with E-state index in [2.05, 4.69) is 17.3 Å². The molecule has 1 amide bonds. The van der Waals surface area contributed by atoms with Gasteiger partial charge in [0.2, 0.25) is 5.91 Å². The monoisotopic (exact) mass is 227 g/mol. The van der Waals surface area contributed by atoms with Gasteiger partial charge in [-0.05, 0) is 31.3 Å². The molecule has 0 radical (unpaired) electrons. The third-order valence-corrected chi connectivity index (χ3v) is 3.27. The number of amides is 1. The highest BCUT2D eigenvalue weighted by Crippen LogP contribution is 2.18. The zero-order chi connectivity index (χ0) is 12.3. The first-order valence-electron chi connectivity index (χ1n) is 6.02. The van der Waals surface area contributed by atoms with Gasteiger partial charge in [0.05, 0.1) is 6.04 Å². The summed E-state index contributed by atoms with van der Waals surface area (Å²) in [6.07, 6.45) is 1.17. The minimum atomic E-state index is -0.424. The van der Waals surface area contributed by atoms with Crippen molar-refractivity contribution >= 4 is 5.91 Å². The van der Waals surface area contributed by atoms with E-state index in [1.54, 1.807) is 0 Å². The quantitative estimate of drug-likeness (QED) is 0.735. The van der Waals surface area contributed by atoms with E-state index < -0.39 is 6.04 Å². The van der Waals surface area contributed by atoms with Crippen LogP contribution in [-0.4, -0.2) is 43.5 Å². The highest BCUT2D eigenvalue weighted by Gasteiger charge is 2.28. The highest BCUT2D eigenvalue weighted by atomic mass is 16.2. The van der Waals surface area contributed by atoms with Gasteiger partial charge in [0.1, 0.15) is 0 Å². The van der Waals surface area contributed by atoms with Gasteiger partial charge in [-0.2, -0.15) is 0 Å². The Morgan fingerprint density at radius 1 is 1.56 bits per heavy atom. The highest BCUT2D eigenvalue weighted by molar-refractivity contribution is 5.82. The molecule has 1 saturated heterocycles. The molecule has 0 aromatic rings. The summed E-state index contributed by atoms with van der Waals surface area (Å²) < 4.78 is 0. The minimum absolute atomic E-state index is 0.0259. The van der Waals surface area contributed by atoms with E-state index in [0.29, 0.717) is 5.92 Å². The maximum atomic E-state index is 11.8. The van der Waals surface area contributed by atoms with Gasteiger partial charge in [-0.3, -0.25) is 4.79 Å². The largest absolute Gasteiger partial charge is 0.354 e. The standard InChI is InChI=1S/C12H25N3O/c1-12(2,3)10(13)11(16)14-7-9-5-6-15(4)8-9/h9-10H,5-8,13H2,1-4H3,(H,14,16)/t9?,10-/m1/s1. The van der Waals surface area contributed by atoms with Gasteiger partial charge in [0.15, 0.2) is 0 Å². The minimum Gasteiger partial charge on any atom is -0.354 e. The molecule has 0 bridgehead atoms. The summed E-state index contributed by atoms with van der Waals surface area (Å²) in [6.45, 7) is 8.92. The summed E-state index contributed by atoms with van der Waals surface area (Å²) in [5.41, 5.74) is 5.71. The van der Waals surface area contributed by atoms with Crippen molar-refractivity contribution in [3.05, 3.63) is 0 Å². The van der Waals surface area contributed by atoms with E-state index in [-0.39, 0.29) is 11.3 Å². The van der Waals surface area contributed by atoms with Crippen molar-refractivity contribution in [3.63, 3.8) is 0 Å². The Morgan fingerprint density at radius 3 is 2.62 bits per heavy atom. The molecule has 4 nitrogen and oxygen atoms in total. The van der Waals surface area contributed by atoms with Crippen LogP contribution in [0.3, 0.4) is 0 Å². The van der Waals surface area contributed by atoms with Crippen LogP contribution in [0.25, 0.3) is 0 Å². The first kappa shape index (κ1) is 13.5. The molecule has 16 heavy (non-hydrogen) atoms. The van der Waals surface area contributed by atoms with E-state index in [0.717, 1.165) is 19.6 Å². The van der Waals surface area contributed by atoms with E-state index in [9.17, 15) is 4.79 Å². The summed E-state index contributed by atoms with van der Waals surface area (Å²) in [5, 5.41) is 2.96. The molecule has 2 atom stereocenters. The molecule has 0 aliphatic carbocycles. The fraction of sp³-hybridized carbons (Fsp3) is 0.917. The van der Waals surface area contributed by atoms with Gasteiger partial charge in [-0.15, -0.1) is 0 Å². The van der Waals surface area contributed by atoms with Crippen molar-refractivity contribution in [2.45, 2.75) is 33.2 Å². The fourth-order valence-corrected chi connectivity index (χ4v) is 1.94. The molecule has 94 valence electrons. The molecule has 1 aliphatic heterocycles. The number of nitrogens with zero attached hydrogens (tertiary/aromatic N) is 1. The number of nitrogens with two attached hydrogens (primary N) is 1. The Morgan fingerprint density at radius 2 is 2.19 bits per heavy atom. The predicted octanol–water partition coefficient (Wildman–Crippen LogP) is 0.428. The average molecular weight is 227 g/mol. The van der Waals surface area contributed by atoms with Crippen molar-refractivity contribution in [1.82, 2.24) is 10.2 Å². The van der Waals surface area contributed by atoms with Crippen molar-refractivity contribution < 1.29 is 4.79 Å². The lowest BCUT2D eigenvalue weighted by Gasteiger charge is -2.26. The molecule has 0 aromatic carbocycles. The predicted molar refractivity (Wildman–Crippen MR) is 66.0 cm³/mol. The second-order valence-corrected chi connectivity index (χ2v) is 6.01. The number of carbonyl (C=O) groups is 1. The zero-order valence-corrected chi connectivity index (χ0v) is 10.9. The zero-order valence-electron chi connectivity index (χ0n) is 10.9. The number of carbonyl (C=O) groups excluding carboxylic acids is 1. The van der Waals surface area contributed by atoms with Crippen molar-refractivity contribution in [1.29, 1.82) is 0 Å². The smallest absolute Gasteiger partial charge is 0.237 e. The summed E-state index contributed by atoms with van der Waals surface area (Å²) >= 11 is 0. The lowest BCUT2D eigenvalue weighted by Crippen LogP contribution is -2.49. The summed E-state index contributed by atoms with van der Waals surface area (Å²) in [7, 11) is 2.11. The molecule has 1 fully saturated rings. The van der Waals surface area contributed by atoms with Gasteiger partial charge in [-0.25, -0.2) is 0 Å². The lowest BCUT2D eigenvalue weighted by atomic mass is 9.87. The maximum absolute atomic E-state index is 11.8. The first-order valence-corrected chi connectivity index (χ1v) is 6.02. The summed E-state index contributed by atoms with van der Waals surface area (Å²) in [5.74, 6) is 0.558. The molecule has 1 aliphatic rings. The Bertz CT molecular complexity index is 247. The number of likely N-dealkylation sites (tertiary alicyclic amines) is 1. The van der Waals surface area contributed by atoms with E-state index in [1.807, 2.05) is 20.8 Å². The van der Waals surface area contributed by atoms with Gasteiger partial charge in [0.25, 0.3) is 0 Å². The Labute approximate surface area is 98.6 Å². The molecule has 4 heteroatoms. The van der Waals surface area contributed by atoms with Crippen LogP contribution in [0, 0.1) is 11.3 Å². The number of nitrogens with one attached hydrogen (secondary N) is 1. The van der Waals surface area contributed by atoms with Gasteiger partial charge in [-0.1, -0.05) is 20.8 Å². The maximum Gasteiger partial charge on any atom is 0.237 e. The first-order chi connectivity index (χ1) is 7.30. The Hall–Kier alpha value is -0.610. The summed E-state index contributed by atoms with van der Waals surface area (Å²) in [4.78, 5) is 14.1. The van der Waals surface area contributed by atoms with Crippen LogP contribution < -0.4 is 11.1 Å². The third kappa shape index (κ3) is 3.76. The molecule has 0 spiro atoms. The molecule has 0 aromatic heterocycles. The molecular formula is C12H25N3O. The molecule has 1 rings (SSSR count). The fourth-order valence-electron chi connectivity index (χ4n) is 1.94. The SMILES string of the molecule is CN1CCC(CNC(=O)[C@@H](N)C(C)(C)C)C1. The second-order valence-electron chi connectivity index (χ2n) is 6.01. The topological polar surface area (TPSA) is 58.4 Å². The van der Waals surface area contributed by atoms with Crippen LogP contribution in [0.15, 0.2) is 0 Å². The van der Waals surface area contributed by atoms with E-state index >= 15 is 0 Å². The van der Waals surface area contributed by atoms with Crippen LogP contribution in [0.4, 0.5) is 0 Å². The van der Waals surface area contributed by atoms with Crippen LogP contribution in [0.1, 0.15) is 27.2 Å². The van der Waals surface area contributed by atoms with Crippen LogP contribution in [0.2, 0.25) is 0 Å². The summed E-state index contributed by atoms with van der Waals surface area (Å²) in [6, 6.07) is -0.424. The van der Waals surface area contributed by atoms with Gasteiger partial charge < -0.3 is 16.0 Å². The second kappa shape index (κ2) is 5.15. The lowest BCUT2D eigenvalue weighted by molar-refractivity contribution is -0.124. The van der Waals surface area contributed by atoms with Crippen LogP contribution in [0.5, 0.6) is 0 Å². The molecule has 3 N–H and O–H groups in total. The normalized spacial score (nSPS) is 24.4. The van der Waals surface area contributed by atoms with E-state index in [4.69, 9.17) is 5.73 Å². The third-order valence-electron chi connectivity index (χ3n) is 3.27. The molecule has 1 heterocycles. The average Bonchev–Trinajstić information content (AvgIpc) is 2.58. The molecular weight excluding hydrogens is 202 g/mol. The van der Waals surface area contributed by atoms with Gasteiger partial charge in [0, 0.05) is 13.1 Å². The van der Waals surface area contributed by atoms with E-state index in [1.165, 1.54) is 6.42 Å². The number of rotatable bonds is 3. The molecule has 1 unspecified atom stereocenters. The Kier molecular flexibility index (Phi) is 4.33. The van der Waals surface area contributed by atoms with Crippen molar-refractivity contribution in [2.75, 3.05) is 26.7 Å². The Balaban J connectivity index is 2.30. The molecule has 0 saturated carbocycles. The number of hydrogen-bond donors (Lipinski definition) is 2. The van der Waals surface area contributed by atoms with Crippen molar-refractivity contribution in [3.8, 4) is 0 Å². The van der Waals surface area contributed by atoms with Crippen molar-refractivity contribution in [2.24, 2.45) is 17.1 Å².